The Morgan fingerprint density at radius 2 is 1.54 bits per heavy atom. The highest BCUT2D eigenvalue weighted by molar-refractivity contribution is 7.92. The molecule has 28 heavy (non-hydrogen) atoms. The smallest absolute Gasteiger partial charge is 0.338 e. The predicted molar refractivity (Wildman–Crippen MR) is 104 cm³/mol. The second-order valence-electron chi connectivity index (χ2n) is 6.16. The number of sulfonamides is 1. The molecule has 0 bridgehead atoms. The molecule has 0 aliphatic heterocycles. The van der Waals surface area contributed by atoms with Crippen LogP contribution in [-0.2, 0) is 24.6 Å². The summed E-state index contributed by atoms with van der Waals surface area (Å²) >= 11 is 0. The van der Waals surface area contributed by atoms with Crippen LogP contribution in [0.15, 0.2) is 53.4 Å². The van der Waals surface area contributed by atoms with Gasteiger partial charge in [-0.05, 0) is 49.4 Å². The molecule has 0 aliphatic rings. The number of carbonyl (C=O) groups excluding carboxylic acids is 2. The molecule has 0 aromatic heterocycles. The molecule has 2 aromatic rings. The van der Waals surface area contributed by atoms with E-state index in [1.807, 2.05) is 0 Å². The van der Waals surface area contributed by atoms with E-state index in [2.05, 4.69) is 4.72 Å². The van der Waals surface area contributed by atoms with Crippen LogP contribution in [0.1, 0.15) is 27.6 Å². The fraction of sp³-hybridized carbons (Fsp3) is 0.222. The largest absolute Gasteiger partial charge is 0.451 e. The average molecular weight is 425 g/mol. The van der Waals surface area contributed by atoms with Gasteiger partial charge in [-0.25, -0.2) is 21.6 Å². The molecule has 0 amide bonds. The molecule has 0 unspecified atom stereocenters. The number of Topliss-reactive ketones (excluding diaryl/α,β-unsaturated/α-hetero) is 1. The van der Waals surface area contributed by atoms with Crippen LogP contribution in [0.2, 0.25) is 0 Å². The molecule has 150 valence electrons. The van der Waals surface area contributed by atoms with Crippen LogP contribution in [0, 0.1) is 0 Å². The molecule has 2 aromatic carbocycles. The summed E-state index contributed by atoms with van der Waals surface area (Å²) in [4.78, 5) is 24.6. The van der Waals surface area contributed by atoms with Gasteiger partial charge in [0, 0.05) is 17.5 Å². The zero-order chi connectivity index (χ0) is 21.1. The normalized spacial score (nSPS) is 12.8. The summed E-state index contributed by atoms with van der Waals surface area (Å²) in [5, 5.41) is 0. The van der Waals surface area contributed by atoms with Crippen LogP contribution in [0.25, 0.3) is 0 Å². The summed E-state index contributed by atoms with van der Waals surface area (Å²) in [6, 6.07) is 11.0. The van der Waals surface area contributed by atoms with Crippen molar-refractivity contribution in [1.29, 1.82) is 0 Å². The van der Waals surface area contributed by atoms with Crippen molar-refractivity contribution >= 4 is 37.3 Å². The number of anilines is 1. The third-order valence-corrected chi connectivity index (χ3v) is 5.34. The summed E-state index contributed by atoms with van der Waals surface area (Å²) < 4.78 is 53.0. The Balaban J connectivity index is 2.11. The van der Waals surface area contributed by atoms with E-state index in [0.717, 1.165) is 12.5 Å². The van der Waals surface area contributed by atoms with Crippen molar-refractivity contribution in [3.8, 4) is 0 Å². The molecular formula is C18H19NO7S2. The second-order valence-corrected chi connectivity index (χ2v) is 9.93. The number of hydrogen-bond donors (Lipinski definition) is 1. The average Bonchev–Trinajstić information content (AvgIpc) is 2.59. The molecule has 10 heteroatoms. The SMILES string of the molecule is C[C@H](OC(=O)c1cccc(S(C)(=O)=O)c1)C(=O)c1ccc(NS(C)(=O)=O)cc1. The van der Waals surface area contributed by atoms with Crippen molar-refractivity contribution in [2.45, 2.75) is 17.9 Å². The Morgan fingerprint density at radius 1 is 0.929 bits per heavy atom. The molecule has 2 rings (SSSR count). The first-order chi connectivity index (χ1) is 12.9. The molecule has 8 nitrogen and oxygen atoms in total. The lowest BCUT2D eigenvalue weighted by molar-refractivity contribution is 0.0318. The Morgan fingerprint density at radius 3 is 2.07 bits per heavy atom. The lowest BCUT2D eigenvalue weighted by Crippen LogP contribution is -2.24. The maximum Gasteiger partial charge on any atom is 0.338 e. The number of ether oxygens (including phenoxy) is 1. The van der Waals surface area contributed by atoms with Gasteiger partial charge in [-0.3, -0.25) is 9.52 Å². The number of nitrogens with one attached hydrogen (secondary N) is 1. The number of hydrogen-bond acceptors (Lipinski definition) is 7. The van der Waals surface area contributed by atoms with Crippen LogP contribution < -0.4 is 4.72 Å². The molecule has 0 saturated carbocycles. The monoisotopic (exact) mass is 425 g/mol. The Bertz CT molecular complexity index is 1100. The van der Waals surface area contributed by atoms with Crippen molar-refractivity contribution in [1.82, 2.24) is 0 Å². The van der Waals surface area contributed by atoms with E-state index in [1.165, 1.54) is 55.5 Å². The second kappa shape index (κ2) is 8.11. The van der Waals surface area contributed by atoms with Gasteiger partial charge >= 0.3 is 5.97 Å². The molecule has 0 aliphatic carbocycles. The highest BCUT2D eigenvalue weighted by atomic mass is 32.2. The van der Waals surface area contributed by atoms with Crippen molar-refractivity contribution in [3.05, 3.63) is 59.7 Å². The first-order valence-corrected chi connectivity index (χ1v) is 11.8. The summed E-state index contributed by atoms with van der Waals surface area (Å²) in [5.41, 5.74) is 0.529. The van der Waals surface area contributed by atoms with E-state index in [-0.39, 0.29) is 16.0 Å². The lowest BCUT2D eigenvalue weighted by atomic mass is 10.1. The predicted octanol–water partition coefficient (Wildman–Crippen LogP) is 1.89. The van der Waals surface area contributed by atoms with E-state index in [9.17, 15) is 26.4 Å². The molecule has 0 saturated heterocycles. The maximum atomic E-state index is 12.4. The van der Waals surface area contributed by atoms with Gasteiger partial charge in [0.2, 0.25) is 15.8 Å². The van der Waals surface area contributed by atoms with Crippen LogP contribution in [0.4, 0.5) is 5.69 Å². The molecule has 1 atom stereocenters. The zero-order valence-corrected chi connectivity index (χ0v) is 17.0. The Labute approximate surface area is 163 Å². The van der Waals surface area contributed by atoms with E-state index >= 15 is 0 Å². The highest BCUT2D eigenvalue weighted by Gasteiger charge is 2.21. The molecule has 1 N–H and O–H groups in total. The molecule has 0 fully saturated rings. The number of carbonyl (C=O) groups is 2. The fourth-order valence-electron chi connectivity index (χ4n) is 2.29. The zero-order valence-electron chi connectivity index (χ0n) is 15.4. The minimum absolute atomic E-state index is 0.00951. The van der Waals surface area contributed by atoms with E-state index in [1.54, 1.807) is 0 Å². The van der Waals surface area contributed by atoms with Gasteiger partial charge in [-0.15, -0.1) is 0 Å². The van der Waals surface area contributed by atoms with Crippen LogP contribution in [-0.4, -0.2) is 47.2 Å². The number of ketones is 1. The van der Waals surface area contributed by atoms with Gasteiger partial charge in [0.05, 0.1) is 16.7 Å². The standard InChI is InChI=1S/C18H19NO7S2/c1-12(17(20)13-7-9-15(10-8-13)19-28(3,24)25)26-18(21)14-5-4-6-16(11-14)27(2,22)23/h4-12,19H,1-3H3/t12-/m0/s1. The van der Waals surface area contributed by atoms with E-state index < -0.39 is 37.7 Å². The quantitative estimate of drug-likeness (QED) is 0.531. The highest BCUT2D eigenvalue weighted by Crippen LogP contribution is 2.16. The number of rotatable bonds is 7. The van der Waals surface area contributed by atoms with Gasteiger partial charge in [-0.1, -0.05) is 6.07 Å². The topological polar surface area (TPSA) is 124 Å². The van der Waals surface area contributed by atoms with Crippen LogP contribution in [0.5, 0.6) is 0 Å². The van der Waals surface area contributed by atoms with Gasteiger partial charge < -0.3 is 4.74 Å². The maximum absolute atomic E-state index is 12.4. The number of benzene rings is 2. The van der Waals surface area contributed by atoms with Crippen LogP contribution in [0.3, 0.4) is 0 Å². The third-order valence-electron chi connectivity index (χ3n) is 3.62. The summed E-state index contributed by atoms with van der Waals surface area (Å²) in [5.74, 6) is -1.32. The fourth-order valence-corrected chi connectivity index (χ4v) is 3.52. The van der Waals surface area contributed by atoms with Crippen molar-refractivity contribution < 1.29 is 31.2 Å². The molecular weight excluding hydrogens is 406 g/mol. The van der Waals surface area contributed by atoms with E-state index in [0.29, 0.717) is 5.69 Å². The third kappa shape index (κ3) is 5.89. The van der Waals surface area contributed by atoms with Crippen molar-refractivity contribution in [2.24, 2.45) is 0 Å². The van der Waals surface area contributed by atoms with Crippen molar-refractivity contribution in [3.63, 3.8) is 0 Å². The van der Waals surface area contributed by atoms with Gasteiger partial charge in [-0.2, -0.15) is 0 Å². The minimum Gasteiger partial charge on any atom is -0.451 e. The van der Waals surface area contributed by atoms with Gasteiger partial charge in [0.1, 0.15) is 0 Å². The van der Waals surface area contributed by atoms with Crippen LogP contribution >= 0.6 is 0 Å². The molecule has 0 radical (unpaired) electrons. The summed E-state index contributed by atoms with van der Waals surface area (Å²) in [7, 11) is -6.92. The molecule has 0 spiro atoms. The summed E-state index contributed by atoms with van der Waals surface area (Å²) in [6.45, 7) is 1.39. The lowest BCUT2D eigenvalue weighted by Gasteiger charge is -2.13. The summed E-state index contributed by atoms with van der Waals surface area (Å²) in [6.07, 6.45) is 0.904. The minimum atomic E-state index is -3.49. The molecule has 0 heterocycles. The van der Waals surface area contributed by atoms with Crippen molar-refractivity contribution in [2.75, 3.05) is 17.2 Å². The Hall–Kier alpha value is -2.72. The number of esters is 1. The number of sulfone groups is 1. The van der Waals surface area contributed by atoms with Gasteiger partial charge in [0.15, 0.2) is 15.9 Å². The first-order valence-electron chi connectivity index (χ1n) is 8.00. The van der Waals surface area contributed by atoms with E-state index in [4.69, 9.17) is 4.74 Å². The Kier molecular flexibility index (Phi) is 6.25. The first kappa shape index (κ1) is 21.6. The van der Waals surface area contributed by atoms with Gasteiger partial charge in [0.25, 0.3) is 0 Å².